The van der Waals surface area contributed by atoms with Crippen molar-refractivity contribution in [1.29, 1.82) is 0 Å². The van der Waals surface area contributed by atoms with Crippen LogP contribution in [-0.2, 0) is 11.8 Å². The highest BCUT2D eigenvalue weighted by Crippen LogP contribution is 1.99. The predicted octanol–water partition coefficient (Wildman–Crippen LogP) is 0.560. The minimum Gasteiger partial charge on any atom is -0.383 e. The molecule has 1 unspecified atom stereocenters. The average Bonchev–Trinajstić information content (AvgIpc) is 2.63. The van der Waals surface area contributed by atoms with Crippen LogP contribution in [0.1, 0.15) is 10.5 Å². The fraction of sp³-hybridized carbons (Fsp3) is 0.556. The summed E-state index contributed by atoms with van der Waals surface area (Å²) < 4.78 is 6.51. The van der Waals surface area contributed by atoms with Gasteiger partial charge in [0.05, 0.1) is 12.6 Å². The van der Waals surface area contributed by atoms with Gasteiger partial charge in [0.25, 0.3) is 5.91 Å². The molecule has 1 aromatic rings. The van der Waals surface area contributed by atoms with Gasteiger partial charge in [-0.2, -0.15) is 5.10 Å². The number of carbonyl (C=O) groups is 1. The summed E-state index contributed by atoms with van der Waals surface area (Å²) in [6.45, 7) is 0.481. The van der Waals surface area contributed by atoms with Crippen LogP contribution < -0.4 is 5.32 Å². The molecule has 0 saturated heterocycles. The summed E-state index contributed by atoms with van der Waals surface area (Å²) in [7, 11) is 3.33. The number of hydrogen-bond donors (Lipinski definition) is 1. The Bertz CT molecular complexity index is 327. The van der Waals surface area contributed by atoms with Gasteiger partial charge in [0.1, 0.15) is 5.69 Å². The maximum absolute atomic E-state index is 11.7. The molecule has 5 nitrogen and oxygen atoms in total. The minimum absolute atomic E-state index is 0.0302. The number of ether oxygens (including phenoxy) is 1. The van der Waals surface area contributed by atoms with Gasteiger partial charge in [-0.3, -0.25) is 9.48 Å². The van der Waals surface area contributed by atoms with Gasteiger partial charge in [-0.05, 0) is 6.07 Å². The van der Waals surface area contributed by atoms with Crippen molar-refractivity contribution in [2.75, 3.05) is 19.0 Å². The summed E-state index contributed by atoms with van der Waals surface area (Å²) in [5.41, 5.74) is 0.539. The van der Waals surface area contributed by atoms with Gasteiger partial charge < -0.3 is 10.1 Å². The highest BCUT2D eigenvalue weighted by atomic mass is 79.9. The van der Waals surface area contributed by atoms with E-state index in [9.17, 15) is 4.79 Å². The first-order valence-electron chi connectivity index (χ1n) is 4.52. The average molecular weight is 276 g/mol. The van der Waals surface area contributed by atoms with Crippen molar-refractivity contribution in [1.82, 2.24) is 15.1 Å². The van der Waals surface area contributed by atoms with E-state index in [0.717, 1.165) is 0 Å². The van der Waals surface area contributed by atoms with Crippen molar-refractivity contribution in [2.45, 2.75) is 6.04 Å². The zero-order chi connectivity index (χ0) is 11.3. The molecular weight excluding hydrogens is 262 g/mol. The van der Waals surface area contributed by atoms with Gasteiger partial charge in [-0.15, -0.1) is 0 Å². The lowest BCUT2D eigenvalue weighted by molar-refractivity contribution is 0.0898. The van der Waals surface area contributed by atoms with Crippen molar-refractivity contribution in [3.63, 3.8) is 0 Å². The first kappa shape index (κ1) is 12.2. The van der Waals surface area contributed by atoms with Gasteiger partial charge in [0.15, 0.2) is 0 Å². The molecule has 1 rings (SSSR count). The normalized spacial score (nSPS) is 12.5. The molecule has 0 aliphatic heterocycles. The van der Waals surface area contributed by atoms with Crippen LogP contribution in [-0.4, -0.2) is 40.8 Å². The van der Waals surface area contributed by atoms with E-state index in [1.54, 1.807) is 26.4 Å². The molecule has 0 aliphatic carbocycles. The lowest BCUT2D eigenvalue weighted by atomic mass is 10.3. The van der Waals surface area contributed by atoms with Crippen LogP contribution in [0.2, 0.25) is 0 Å². The summed E-state index contributed by atoms with van der Waals surface area (Å²) in [6, 6.07) is 1.64. The number of carbonyl (C=O) groups excluding carboxylic acids is 1. The van der Waals surface area contributed by atoms with Gasteiger partial charge in [0, 0.05) is 25.7 Å². The van der Waals surface area contributed by atoms with Gasteiger partial charge in [-0.25, -0.2) is 0 Å². The van der Waals surface area contributed by atoms with Gasteiger partial charge in [-0.1, -0.05) is 15.9 Å². The van der Waals surface area contributed by atoms with E-state index in [1.807, 2.05) is 0 Å². The third kappa shape index (κ3) is 3.32. The highest BCUT2D eigenvalue weighted by molar-refractivity contribution is 9.09. The number of nitrogens with one attached hydrogen (secondary N) is 1. The van der Waals surface area contributed by atoms with E-state index in [1.165, 1.54) is 4.68 Å². The maximum Gasteiger partial charge on any atom is 0.269 e. The zero-order valence-electron chi connectivity index (χ0n) is 8.74. The molecule has 1 N–H and O–H groups in total. The Morgan fingerprint density at radius 2 is 2.53 bits per heavy atom. The third-order valence-corrected chi connectivity index (χ3v) is 2.72. The lowest BCUT2D eigenvalue weighted by Gasteiger charge is -2.14. The van der Waals surface area contributed by atoms with Crippen LogP contribution in [0.15, 0.2) is 12.3 Å². The molecule has 0 radical (unpaired) electrons. The number of amides is 1. The van der Waals surface area contributed by atoms with Crippen molar-refractivity contribution >= 4 is 21.8 Å². The minimum atomic E-state index is -0.142. The zero-order valence-corrected chi connectivity index (χ0v) is 10.3. The molecule has 84 valence electrons. The molecular formula is C9H14BrN3O2. The quantitative estimate of drug-likeness (QED) is 0.799. The number of aryl methyl sites for hydroxylation is 1. The SMILES string of the molecule is COCC(CBr)NC(=O)c1ccnn1C. The molecule has 0 bridgehead atoms. The largest absolute Gasteiger partial charge is 0.383 e. The third-order valence-electron chi connectivity index (χ3n) is 1.94. The van der Waals surface area contributed by atoms with Crippen molar-refractivity contribution < 1.29 is 9.53 Å². The Morgan fingerprint density at radius 1 is 1.80 bits per heavy atom. The summed E-state index contributed by atoms with van der Waals surface area (Å²) in [4.78, 5) is 11.7. The molecule has 1 heterocycles. The molecule has 0 aromatic carbocycles. The number of halogens is 1. The van der Waals surface area contributed by atoms with Crippen LogP contribution in [0.5, 0.6) is 0 Å². The number of aromatic nitrogens is 2. The van der Waals surface area contributed by atoms with Crippen LogP contribution >= 0.6 is 15.9 Å². The number of nitrogens with zero attached hydrogens (tertiary/aromatic N) is 2. The fourth-order valence-corrected chi connectivity index (χ4v) is 1.53. The molecule has 1 amide bonds. The van der Waals surface area contributed by atoms with Gasteiger partial charge >= 0.3 is 0 Å². The summed E-state index contributed by atoms with van der Waals surface area (Å²) in [5, 5.41) is 7.43. The molecule has 1 atom stereocenters. The molecule has 15 heavy (non-hydrogen) atoms. The van der Waals surface area contributed by atoms with Crippen LogP contribution in [0.4, 0.5) is 0 Å². The van der Waals surface area contributed by atoms with Crippen LogP contribution in [0.25, 0.3) is 0 Å². The molecule has 0 fully saturated rings. The Labute approximate surface area is 96.9 Å². The molecule has 0 spiro atoms. The van der Waals surface area contributed by atoms with Crippen molar-refractivity contribution in [3.8, 4) is 0 Å². The maximum atomic E-state index is 11.7. The number of alkyl halides is 1. The first-order chi connectivity index (χ1) is 7.19. The van der Waals surface area contributed by atoms with Crippen LogP contribution in [0.3, 0.4) is 0 Å². The molecule has 0 saturated carbocycles. The Hall–Kier alpha value is -0.880. The first-order valence-corrected chi connectivity index (χ1v) is 5.65. The second-order valence-corrected chi connectivity index (χ2v) is 3.77. The number of methoxy groups -OCH3 is 1. The smallest absolute Gasteiger partial charge is 0.269 e. The summed E-state index contributed by atoms with van der Waals surface area (Å²) in [5.74, 6) is -0.142. The summed E-state index contributed by atoms with van der Waals surface area (Å²) in [6.07, 6.45) is 1.59. The van der Waals surface area contributed by atoms with E-state index >= 15 is 0 Å². The monoisotopic (exact) mass is 275 g/mol. The van der Waals surface area contributed by atoms with Crippen molar-refractivity contribution in [3.05, 3.63) is 18.0 Å². The van der Waals surface area contributed by atoms with E-state index < -0.39 is 0 Å². The highest BCUT2D eigenvalue weighted by Gasteiger charge is 2.14. The molecule has 6 heteroatoms. The second kappa shape index (κ2) is 5.87. The Kier molecular flexibility index (Phi) is 4.77. The number of rotatable bonds is 5. The Morgan fingerprint density at radius 3 is 3.00 bits per heavy atom. The summed E-state index contributed by atoms with van der Waals surface area (Å²) >= 11 is 3.31. The fourth-order valence-electron chi connectivity index (χ4n) is 1.18. The molecule has 0 aliphatic rings. The second-order valence-electron chi connectivity index (χ2n) is 3.12. The van der Waals surface area contributed by atoms with Crippen molar-refractivity contribution in [2.24, 2.45) is 7.05 Å². The topological polar surface area (TPSA) is 56.1 Å². The van der Waals surface area contributed by atoms with E-state index in [-0.39, 0.29) is 11.9 Å². The number of hydrogen-bond acceptors (Lipinski definition) is 3. The van der Waals surface area contributed by atoms with E-state index in [4.69, 9.17) is 4.74 Å². The van der Waals surface area contributed by atoms with E-state index in [2.05, 4.69) is 26.3 Å². The van der Waals surface area contributed by atoms with Gasteiger partial charge in [0.2, 0.25) is 0 Å². The lowest BCUT2D eigenvalue weighted by Crippen LogP contribution is -2.39. The van der Waals surface area contributed by atoms with E-state index in [0.29, 0.717) is 17.6 Å². The standard InChI is InChI=1S/C9H14BrN3O2/c1-13-8(3-4-11-13)9(14)12-7(5-10)6-15-2/h3-4,7H,5-6H2,1-2H3,(H,12,14). The van der Waals surface area contributed by atoms with Crippen LogP contribution in [0, 0.1) is 0 Å². The Balaban J connectivity index is 2.58. The molecule has 1 aromatic heterocycles. The predicted molar refractivity (Wildman–Crippen MR) is 60.1 cm³/mol.